The van der Waals surface area contributed by atoms with Crippen LogP contribution in [-0.2, 0) is 0 Å². The fourth-order valence-corrected chi connectivity index (χ4v) is 2.18. The topological polar surface area (TPSA) is 66.0 Å². The summed E-state index contributed by atoms with van der Waals surface area (Å²) in [6.07, 6.45) is 3.68. The van der Waals surface area contributed by atoms with Crippen LogP contribution in [0.3, 0.4) is 0 Å². The number of aromatic amines is 1. The van der Waals surface area contributed by atoms with Gasteiger partial charge in [-0.2, -0.15) is 0 Å². The predicted molar refractivity (Wildman–Crippen MR) is 83.4 cm³/mol. The average Bonchev–Trinajstić information content (AvgIpc) is 2.89. The summed E-state index contributed by atoms with van der Waals surface area (Å²) in [6.45, 7) is 0. The molecule has 0 atom stereocenters. The molecule has 0 fully saturated rings. The van der Waals surface area contributed by atoms with E-state index in [9.17, 15) is 4.79 Å². The molecule has 0 amide bonds. The first-order chi connectivity index (χ1) is 10.1. The normalized spacial score (nSPS) is 11.3. The first-order valence-corrected chi connectivity index (χ1v) is 6.67. The fourth-order valence-electron chi connectivity index (χ4n) is 2.05. The molecule has 1 heterocycles. The number of benzene rings is 2. The van der Waals surface area contributed by atoms with Crippen molar-refractivity contribution in [1.29, 1.82) is 0 Å². The van der Waals surface area contributed by atoms with Gasteiger partial charge < -0.3 is 10.1 Å². The number of carbonyl (C=O) groups is 1. The first-order valence-electron chi connectivity index (χ1n) is 6.29. The highest BCUT2D eigenvalue weighted by molar-refractivity contribution is 6.30. The monoisotopic (exact) mass is 298 g/mol. The summed E-state index contributed by atoms with van der Waals surface area (Å²) in [4.78, 5) is 18.6. The Kier molecular flexibility index (Phi) is 3.46. The molecule has 0 spiro atoms. The highest BCUT2D eigenvalue weighted by atomic mass is 35.5. The minimum atomic E-state index is -0.986. The van der Waals surface area contributed by atoms with E-state index in [1.54, 1.807) is 18.2 Å². The molecule has 0 saturated carbocycles. The number of para-hydroxylation sites is 1. The van der Waals surface area contributed by atoms with E-state index in [-0.39, 0.29) is 5.56 Å². The number of nitrogens with zero attached hydrogens (tertiary/aromatic N) is 1. The van der Waals surface area contributed by atoms with Crippen molar-refractivity contribution in [3.63, 3.8) is 0 Å². The van der Waals surface area contributed by atoms with Crippen LogP contribution in [0.4, 0.5) is 0 Å². The molecule has 0 radical (unpaired) electrons. The van der Waals surface area contributed by atoms with E-state index >= 15 is 0 Å². The summed E-state index contributed by atoms with van der Waals surface area (Å²) >= 11 is 5.83. The molecule has 3 rings (SSSR count). The van der Waals surface area contributed by atoms with Crippen LogP contribution in [0.5, 0.6) is 0 Å². The van der Waals surface area contributed by atoms with Gasteiger partial charge in [0.25, 0.3) is 0 Å². The third kappa shape index (κ3) is 2.80. The van der Waals surface area contributed by atoms with Crippen LogP contribution in [0.25, 0.3) is 23.2 Å². The van der Waals surface area contributed by atoms with Gasteiger partial charge >= 0.3 is 5.97 Å². The van der Waals surface area contributed by atoms with Gasteiger partial charge in [0.1, 0.15) is 11.3 Å². The maximum absolute atomic E-state index is 11.2. The van der Waals surface area contributed by atoms with E-state index in [0.717, 1.165) is 5.56 Å². The zero-order valence-electron chi connectivity index (χ0n) is 10.9. The van der Waals surface area contributed by atoms with Gasteiger partial charge in [-0.1, -0.05) is 35.9 Å². The SMILES string of the molecule is O=C(O)c1cccc2[nH]c(/C=C/c3ccc(Cl)cc3)nc12. The molecule has 2 aromatic carbocycles. The number of rotatable bonds is 3. The Morgan fingerprint density at radius 3 is 2.62 bits per heavy atom. The van der Waals surface area contributed by atoms with Gasteiger partial charge in [0.05, 0.1) is 11.1 Å². The van der Waals surface area contributed by atoms with Gasteiger partial charge in [-0.15, -0.1) is 0 Å². The smallest absolute Gasteiger partial charge is 0.337 e. The molecule has 104 valence electrons. The summed E-state index contributed by atoms with van der Waals surface area (Å²) < 4.78 is 0. The molecule has 0 bridgehead atoms. The lowest BCUT2D eigenvalue weighted by atomic mass is 10.2. The highest BCUT2D eigenvalue weighted by Gasteiger charge is 2.11. The van der Waals surface area contributed by atoms with Crippen molar-refractivity contribution >= 4 is 40.8 Å². The summed E-state index contributed by atoms with van der Waals surface area (Å²) in [6, 6.07) is 12.4. The van der Waals surface area contributed by atoms with Gasteiger partial charge in [0.2, 0.25) is 0 Å². The van der Waals surface area contributed by atoms with Gasteiger partial charge in [0, 0.05) is 5.02 Å². The molecule has 2 N–H and O–H groups in total. The highest BCUT2D eigenvalue weighted by Crippen LogP contribution is 2.18. The number of carboxylic acid groups (broad SMARTS) is 1. The second-order valence-corrected chi connectivity index (χ2v) is 4.95. The minimum Gasteiger partial charge on any atom is -0.478 e. The molecule has 21 heavy (non-hydrogen) atoms. The van der Waals surface area contributed by atoms with Crippen molar-refractivity contribution < 1.29 is 9.90 Å². The van der Waals surface area contributed by atoms with Crippen LogP contribution >= 0.6 is 11.6 Å². The van der Waals surface area contributed by atoms with Crippen LogP contribution in [0.15, 0.2) is 42.5 Å². The zero-order chi connectivity index (χ0) is 14.8. The number of imidazole rings is 1. The van der Waals surface area contributed by atoms with E-state index in [2.05, 4.69) is 9.97 Å². The Morgan fingerprint density at radius 1 is 1.14 bits per heavy atom. The Balaban J connectivity index is 1.96. The van der Waals surface area contributed by atoms with Crippen LogP contribution in [0.1, 0.15) is 21.7 Å². The minimum absolute atomic E-state index is 0.190. The fraction of sp³-hybridized carbons (Fsp3) is 0. The lowest BCUT2D eigenvalue weighted by Gasteiger charge is -1.93. The second-order valence-electron chi connectivity index (χ2n) is 4.51. The Hall–Kier alpha value is -2.59. The molecule has 0 aliphatic heterocycles. The Bertz CT molecular complexity index is 835. The van der Waals surface area contributed by atoms with Crippen LogP contribution in [-0.4, -0.2) is 21.0 Å². The molecule has 1 aromatic heterocycles. The molecule has 5 heteroatoms. The van der Waals surface area contributed by atoms with Crippen LogP contribution in [0.2, 0.25) is 5.02 Å². The van der Waals surface area contributed by atoms with Crippen LogP contribution < -0.4 is 0 Å². The third-order valence-electron chi connectivity index (χ3n) is 3.07. The van der Waals surface area contributed by atoms with Crippen molar-refractivity contribution in [2.75, 3.05) is 0 Å². The number of hydrogen-bond donors (Lipinski definition) is 2. The standard InChI is InChI=1S/C16H11ClN2O2/c17-11-7-4-10(5-8-11)6-9-14-18-13-3-1-2-12(16(20)21)15(13)19-14/h1-9H,(H,18,19)(H,20,21)/b9-6+. The average molecular weight is 299 g/mol. The molecular formula is C16H11ClN2O2. The molecule has 0 unspecified atom stereocenters. The number of hydrogen-bond acceptors (Lipinski definition) is 2. The number of aromatic carboxylic acids is 1. The molecule has 0 aliphatic carbocycles. The van der Waals surface area contributed by atoms with E-state index in [1.165, 1.54) is 6.07 Å². The summed E-state index contributed by atoms with van der Waals surface area (Å²) in [5.41, 5.74) is 2.33. The number of H-pyrrole nitrogens is 1. The maximum Gasteiger partial charge on any atom is 0.337 e. The third-order valence-corrected chi connectivity index (χ3v) is 3.32. The van der Waals surface area contributed by atoms with Crippen molar-refractivity contribution in [1.82, 2.24) is 9.97 Å². The summed E-state index contributed by atoms with van der Waals surface area (Å²) in [5, 5.41) is 9.82. The number of aromatic nitrogens is 2. The largest absolute Gasteiger partial charge is 0.478 e. The lowest BCUT2D eigenvalue weighted by Crippen LogP contribution is -1.96. The van der Waals surface area contributed by atoms with Gasteiger partial charge in [-0.3, -0.25) is 0 Å². The number of halogens is 1. The van der Waals surface area contributed by atoms with E-state index in [1.807, 2.05) is 30.3 Å². The van der Waals surface area contributed by atoms with Gasteiger partial charge in [-0.25, -0.2) is 9.78 Å². The zero-order valence-corrected chi connectivity index (χ0v) is 11.6. The molecular weight excluding hydrogens is 288 g/mol. The first kappa shape index (κ1) is 13.4. The number of fused-ring (bicyclic) bond motifs is 1. The summed E-state index contributed by atoms with van der Waals surface area (Å²) in [7, 11) is 0. The number of carboxylic acids is 1. The second kappa shape index (κ2) is 5.42. The molecule has 3 aromatic rings. The maximum atomic E-state index is 11.2. The van der Waals surface area contributed by atoms with Crippen LogP contribution in [0, 0.1) is 0 Å². The lowest BCUT2D eigenvalue weighted by molar-refractivity contribution is 0.0699. The molecule has 0 saturated heterocycles. The van der Waals surface area contributed by atoms with Crippen molar-refractivity contribution in [2.45, 2.75) is 0 Å². The predicted octanol–water partition coefficient (Wildman–Crippen LogP) is 4.08. The summed E-state index contributed by atoms with van der Waals surface area (Å²) in [5.74, 6) is -0.381. The molecule has 0 aliphatic rings. The van der Waals surface area contributed by atoms with Gasteiger partial charge in [-0.05, 0) is 35.9 Å². The van der Waals surface area contributed by atoms with E-state index in [0.29, 0.717) is 21.9 Å². The van der Waals surface area contributed by atoms with Crippen molar-refractivity contribution in [3.05, 3.63) is 64.4 Å². The van der Waals surface area contributed by atoms with E-state index in [4.69, 9.17) is 16.7 Å². The van der Waals surface area contributed by atoms with Crippen molar-refractivity contribution in [2.24, 2.45) is 0 Å². The number of nitrogens with one attached hydrogen (secondary N) is 1. The molecule has 4 nitrogen and oxygen atoms in total. The van der Waals surface area contributed by atoms with Gasteiger partial charge in [0.15, 0.2) is 0 Å². The van der Waals surface area contributed by atoms with Crippen molar-refractivity contribution in [3.8, 4) is 0 Å². The quantitative estimate of drug-likeness (QED) is 0.765. The Labute approximate surface area is 125 Å². The Morgan fingerprint density at radius 2 is 1.90 bits per heavy atom. The van der Waals surface area contributed by atoms with E-state index < -0.39 is 5.97 Å².